The molecule has 3 rings (SSSR count). The number of nitrogens with zero attached hydrogens (tertiary/aromatic N) is 2. The molecule has 1 amide bonds. The third kappa shape index (κ3) is 4.44. The molecule has 0 bridgehead atoms. The predicted octanol–water partition coefficient (Wildman–Crippen LogP) is 3.62. The number of amides is 1. The van der Waals surface area contributed by atoms with E-state index in [1.165, 1.54) is 0 Å². The van der Waals surface area contributed by atoms with Crippen molar-refractivity contribution in [1.29, 1.82) is 0 Å². The number of rotatable bonds is 6. The molecule has 0 saturated carbocycles. The van der Waals surface area contributed by atoms with Crippen molar-refractivity contribution in [3.8, 4) is 17.1 Å². The Labute approximate surface area is 145 Å². The second-order valence-corrected chi connectivity index (χ2v) is 5.66. The zero-order valence-electron chi connectivity index (χ0n) is 14.2. The Hall–Kier alpha value is -3.15. The Kier molecular flexibility index (Phi) is 5.09. The molecule has 6 nitrogen and oxygen atoms in total. The van der Waals surface area contributed by atoms with Crippen LogP contribution in [0.1, 0.15) is 17.9 Å². The van der Waals surface area contributed by atoms with E-state index in [-0.39, 0.29) is 12.3 Å². The Bertz CT molecular complexity index is 874. The first kappa shape index (κ1) is 16.7. The lowest BCUT2D eigenvalue weighted by molar-refractivity contribution is -0.116. The van der Waals surface area contributed by atoms with Gasteiger partial charge in [-0.05, 0) is 36.8 Å². The molecule has 128 valence electrons. The molecule has 0 radical (unpaired) electrons. The molecule has 1 N–H and O–H groups in total. The Morgan fingerprint density at radius 2 is 2.04 bits per heavy atom. The van der Waals surface area contributed by atoms with Crippen LogP contribution in [0.5, 0.6) is 5.75 Å². The summed E-state index contributed by atoms with van der Waals surface area (Å²) in [6.45, 7) is 1.98. The number of aryl methyl sites for hydroxylation is 2. The molecule has 0 spiro atoms. The van der Waals surface area contributed by atoms with Crippen LogP contribution < -0.4 is 10.1 Å². The first-order valence-corrected chi connectivity index (χ1v) is 7.97. The van der Waals surface area contributed by atoms with Crippen molar-refractivity contribution < 1.29 is 14.1 Å². The van der Waals surface area contributed by atoms with Crippen LogP contribution in [0.2, 0.25) is 0 Å². The maximum Gasteiger partial charge on any atom is 0.227 e. The van der Waals surface area contributed by atoms with Gasteiger partial charge in [-0.2, -0.15) is 4.98 Å². The molecule has 1 heterocycles. The number of carbonyl (C=O) groups is 1. The highest BCUT2D eigenvalue weighted by Crippen LogP contribution is 2.21. The molecule has 6 heteroatoms. The number of aromatic nitrogens is 2. The summed E-state index contributed by atoms with van der Waals surface area (Å²) in [4.78, 5) is 16.4. The van der Waals surface area contributed by atoms with E-state index >= 15 is 0 Å². The van der Waals surface area contributed by atoms with Crippen LogP contribution in [0.4, 0.5) is 5.69 Å². The minimum Gasteiger partial charge on any atom is -0.497 e. The smallest absolute Gasteiger partial charge is 0.227 e. The second kappa shape index (κ2) is 7.61. The van der Waals surface area contributed by atoms with Gasteiger partial charge in [0.25, 0.3) is 0 Å². The SMILES string of the molecule is COc1cccc(-c2noc(CCC(=O)Nc3cccc(C)c3)n2)c1. The summed E-state index contributed by atoms with van der Waals surface area (Å²) in [5.41, 5.74) is 2.68. The van der Waals surface area contributed by atoms with Crippen LogP contribution in [0, 0.1) is 6.92 Å². The minimum absolute atomic E-state index is 0.0910. The van der Waals surface area contributed by atoms with Crippen LogP contribution in [-0.2, 0) is 11.2 Å². The van der Waals surface area contributed by atoms with E-state index in [1.807, 2.05) is 55.5 Å². The van der Waals surface area contributed by atoms with Crippen LogP contribution in [0.3, 0.4) is 0 Å². The maximum atomic E-state index is 12.0. The summed E-state index contributed by atoms with van der Waals surface area (Å²) in [6.07, 6.45) is 0.655. The van der Waals surface area contributed by atoms with E-state index in [2.05, 4.69) is 15.5 Å². The molecule has 3 aromatic rings. The summed E-state index contributed by atoms with van der Waals surface area (Å²) in [5, 5.41) is 6.82. The lowest BCUT2D eigenvalue weighted by Crippen LogP contribution is -2.12. The standard InChI is InChI=1S/C19H19N3O3/c1-13-5-3-7-15(11-13)20-17(23)9-10-18-21-19(22-25-18)14-6-4-8-16(12-14)24-2/h3-8,11-12H,9-10H2,1-2H3,(H,20,23). The molecular formula is C19H19N3O3. The van der Waals surface area contributed by atoms with Crippen molar-refractivity contribution in [2.45, 2.75) is 19.8 Å². The van der Waals surface area contributed by atoms with Crippen LogP contribution in [-0.4, -0.2) is 23.2 Å². The summed E-state index contributed by atoms with van der Waals surface area (Å²) in [5.74, 6) is 1.54. The molecule has 0 unspecified atom stereocenters. The van der Waals surface area contributed by atoms with Crippen molar-refractivity contribution in [2.75, 3.05) is 12.4 Å². The number of ether oxygens (including phenoxy) is 1. The first-order chi connectivity index (χ1) is 12.1. The molecule has 1 aromatic heterocycles. The quantitative estimate of drug-likeness (QED) is 0.743. The summed E-state index contributed by atoms with van der Waals surface area (Å²) >= 11 is 0. The average Bonchev–Trinajstić information content (AvgIpc) is 3.09. The summed E-state index contributed by atoms with van der Waals surface area (Å²) in [7, 11) is 1.60. The number of hydrogen-bond acceptors (Lipinski definition) is 5. The molecule has 25 heavy (non-hydrogen) atoms. The highest BCUT2D eigenvalue weighted by atomic mass is 16.5. The zero-order chi connectivity index (χ0) is 17.6. The fourth-order valence-electron chi connectivity index (χ4n) is 2.40. The van der Waals surface area contributed by atoms with Gasteiger partial charge in [0, 0.05) is 24.1 Å². The topological polar surface area (TPSA) is 77.2 Å². The maximum absolute atomic E-state index is 12.0. The third-order valence-electron chi connectivity index (χ3n) is 3.66. The van der Waals surface area contributed by atoms with E-state index in [0.717, 1.165) is 22.6 Å². The second-order valence-electron chi connectivity index (χ2n) is 5.66. The van der Waals surface area contributed by atoms with Gasteiger partial charge in [0.2, 0.25) is 17.6 Å². The molecule has 2 aromatic carbocycles. The summed E-state index contributed by atoms with van der Waals surface area (Å²) < 4.78 is 10.4. The van der Waals surface area contributed by atoms with Gasteiger partial charge < -0.3 is 14.6 Å². The Morgan fingerprint density at radius 3 is 2.84 bits per heavy atom. The van der Waals surface area contributed by atoms with Gasteiger partial charge in [-0.1, -0.05) is 29.4 Å². The van der Waals surface area contributed by atoms with Gasteiger partial charge in [-0.3, -0.25) is 4.79 Å². The van der Waals surface area contributed by atoms with Gasteiger partial charge >= 0.3 is 0 Å². The normalized spacial score (nSPS) is 10.5. The third-order valence-corrected chi connectivity index (χ3v) is 3.66. The van der Waals surface area contributed by atoms with Crippen LogP contribution >= 0.6 is 0 Å². The number of anilines is 1. The number of carbonyl (C=O) groups excluding carboxylic acids is 1. The number of nitrogens with one attached hydrogen (secondary N) is 1. The van der Waals surface area contributed by atoms with E-state index in [1.54, 1.807) is 7.11 Å². The Morgan fingerprint density at radius 1 is 1.20 bits per heavy atom. The number of benzene rings is 2. The Balaban J connectivity index is 1.59. The molecule has 0 aliphatic rings. The monoisotopic (exact) mass is 337 g/mol. The number of hydrogen-bond donors (Lipinski definition) is 1. The molecule has 0 saturated heterocycles. The number of methoxy groups -OCH3 is 1. The summed E-state index contributed by atoms with van der Waals surface area (Å²) in [6, 6.07) is 15.1. The van der Waals surface area contributed by atoms with Gasteiger partial charge in [-0.15, -0.1) is 0 Å². The van der Waals surface area contributed by atoms with Crippen molar-refractivity contribution in [2.24, 2.45) is 0 Å². The average molecular weight is 337 g/mol. The van der Waals surface area contributed by atoms with Crippen molar-refractivity contribution in [3.05, 3.63) is 60.0 Å². The van der Waals surface area contributed by atoms with Crippen molar-refractivity contribution in [1.82, 2.24) is 10.1 Å². The molecular weight excluding hydrogens is 318 g/mol. The van der Waals surface area contributed by atoms with Gasteiger partial charge in [0.05, 0.1) is 7.11 Å². The fourth-order valence-corrected chi connectivity index (χ4v) is 2.40. The fraction of sp³-hybridized carbons (Fsp3) is 0.211. The van der Waals surface area contributed by atoms with E-state index in [9.17, 15) is 4.79 Å². The highest BCUT2D eigenvalue weighted by Gasteiger charge is 2.11. The zero-order valence-corrected chi connectivity index (χ0v) is 14.2. The lowest BCUT2D eigenvalue weighted by Gasteiger charge is -2.04. The first-order valence-electron chi connectivity index (χ1n) is 7.97. The van der Waals surface area contributed by atoms with Crippen LogP contribution in [0.25, 0.3) is 11.4 Å². The van der Waals surface area contributed by atoms with E-state index < -0.39 is 0 Å². The molecule has 0 atom stereocenters. The largest absolute Gasteiger partial charge is 0.497 e. The van der Waals surface area contributed by atoms with E-state index in [4.69, 9.17) is 9.26 Å². The lowest BCUT2D eigenvalue weighted by atomic mass is 10.2. The van der Waals surface area contributed by atoms with Gasteiger partial charge in [0.15, 0.2) is 0 Å². The molecule has 0 aliphatic carbocycles. The predicted molar refractivity (Wildman–Crippen MR) is 94.4 cm³/mol. The van der Waals surface area contributed by atoms with Crippen molar-refractivity contribution >= 4 is 11.6 Å². The van der Waals surface area contributed by atoms with Crippen LogP contribution in [0.15, 0.2) is 53.1 Å². The van der Waals surface area contributed by atoms with E-state index in [0.29, 0.717) is 18.1 Å². The minimum atomic E-state index is -0.0910. The van der Waals surface area contributed by atoms with Crippen molar-refractivity contribution in [3.63, 3.8) is 0 Å². The van der Waals surface area contributed by atoms with Gasteiger partial charge in [-0.25, -0.2) is 0 Å². The molecule has 0 aliphatic heterocycles. The molecule has 0 fully saturated rings. The highest BCUT2D eigenvalue weighted by molar-refractivity contribution is 5.90. The van der Waals surface area contributed by atoms with Gasteiger partial charge in [0.1, 0.15) is 5.75 Å².